The molecule has 8 nitrogen and oxygen atoms in total. The van der Waals surface area contributed by atoms with E-state index in [9.17, 15) is 18.0 Å². The molecule has 30 heavy (non-hydrogen) atoms. The Balaban J connectivity index is 1.69. The van der Waals surface area contributed by atoms with Crippen LogP contribution in [0, 0.1) is 0 Å². The lowest BCUT2D eigenvalue weighted by Crippen LogP contribution is -2.19. The van der Waals surface area contributed by atoms with Crippen molar-refractivity contribution in [2.45, 2.75) is 4.90 Å². The number of nitrogens with one attached hydrogen (secondary N) is 3. The van der Waals surface area contributed by atoms with Crippen LogP contribution in [0.15, 0.2) is 83.8 Å². The summed E-state index contributed by atoms with van der Waals surface area (Å²) >= 11 is 0. The second-order valence-corrected chi connectivity index (χ2v) is 7.83. The molecule has 3 aromatic carbocycles. The van der Waals surface area contributed by atoms with E-state index in [4.69, 9.17) is 0 Å². The van der Waals surface area contributed by atoms with Gasteiger partial charge in [0.2, 0.25) is 0 Å². The van der Waals surface area contributed by atoms with Gasteiger partial charge in [-0.1, -0.05) is 24.3 Å². The van der Waals surface area contributed by atoms with Crippen LogP contribution in [-0.2, 0) is 14.8 Å². The first-order chi connectivity index (χ1) is 14.4. The molecule has 0 saturated carbocycles. The number of benzene rings is 3. The highest BCUT2D eigenvalue weighted by molar-refractivity contribution is 7.92. The largest absolute Gasteiger partial charge is 0.465 e. The van der Waals surface area contributed by atoms with Crippen molar-refractivity contribution in [2.75, 3.05) is 22.5 Å². The third-order valence-electron chi connectivity index (χ3n) is 3.99. The normalized spacial score (nSPS) is 10.7. The number of rotatable bonds is 6. The van der Waals surface area contributed by atoms with Gasteiger partial charge < -0.3 is 15.4 Å². The molecule has 0 radical (unpaired) electrons. The summed E-state index contributed by atoms with van der Waals surface area (Å²) in [5.41, 5.74) is 1.54. The lowest BCUT2D eigenvalue weighted by Gasteiger charge is -2.11. The molecule has 0 aliphatic heterocycles. The van der Waals surface area contributed by atoms with Crippen LogP contribution in [-0.4, -0.2) is 27.5 Å². The lowest BCUT2D eigenvalue weighted by atomic mass is 10.2. The summed E-state index contributed by atoms with van der Waals surface area (Å²) in [6, 6.07) is 20.1. The van der Waals surface area contributed by atoms with Gasteiger partial charge in [-0.15, -0.1) is 0 Å². The van der Waals surface area contributed by atoms with E-state index in [-0.39, 0.29) is 16.1 Å². The summed E-state index contributed by atoms with van der Waals surface area (Å²) in [6.45, 7) is 0. The molecule has 154 valence electrons. The van der Waals surface area contributed by atoms with Crippen LogP contribution in [0.3, 0.4) is 0 Å². The van der Waals surface area contributed by atoms with Crippen molar-refractivity contribution < 1.29 is 22.7 Å². The fraction of sp³-hybridized carbons (Fsp3) is 0.0476. The van der Waals surface area contributed by atoms with Gasteiger partial charge in [-0.3, -0.25) is 4.72 Å². The molecule has 0 unspecified atom stereocenters. The summed E-state index contributed by atoms with van der Waals surface area (Å²) in [6.07, 6.45) is 0. The maximum Gasteiger partial charge on any atom is 0.337 e. The average Bonchev–Trinajstić information content (AvgIpc) is 2.74. The first kappa shape index (κ1) is 20.9. The number of esters is 1. The Kier molecular flexibility index (Phi) is 6.33. The molecule has 0 aromatic heterocycles. The van der Waals surface area contributed by atoms with Crippen molar-refractivity contribution in [3.05, 3.63) is 84.4 Å². The van der Waals surface area contributed by atoms with E-state index in [1.54, 1.807) is 42.5 Å². The third-order valence-corrected chi connectivity index (χ3v) is 5.39. The molecule has 0 spiro atoms. The highest BCUT2D eigenvalue weighted by Crippen LogP contribution is 2.20. The number of para-hydroxylation sites is 1. The number of anilines is 3. The van der Waals surface area contributed by atoms with Crippen LogP contribution in [0.2, 0.25) is 0 Å². The summed E-state index contributed by atoms with van der Waals surface area (Å²) in [5, 5.41) is 5.32. The average molecular weight is 425 g/mol. The molecule has 0 atom stereocenters. The molecule has 0 heterocycles. The van der Waals surface area contributed by atoms with Gasteiger partial charge in [-0.05, 0) is 54.6 Å². The SMILES string of the molecule is COC(=O)c1ccc(S(=O)(=O)Nc2cccc(NC(=O)Nc3ccccc3)c2)cc1. The van der Waals surface area contributed by atoms with Crippen LogP contribution in [0.25, 0.3) is 0 Å². The zero-order chi connectivity index (χ0) is 21.6. The molecule has 9 heteroatoms. The van der Waals surface area contributed by atoms with Crippen LogP contribution >= 0.6 is 0 Å². The highest BCUT2D eigenvalue weighted by Gasteiger charge is 2.16. The van der Waals surface area contributed by atoms with Crippen molar-refractivity contribution in [2.24, 2.45) is 0 Å². The summed E-state index contributed by atoms with van der Waals surface area (Å²) < 4.78 is 32.2. The first-order valence-corrected chi connectivity index (χ1v) is 10.3. The molecule has 3 N–H and O–H groups in total. The van der Waals surface area contributed by atoms with E-state index >= 15 is 0 Å². The number of hydrogen-bond donors (Lipinski definition) is 3. The summed E-state index contributed by atoms with van der Waals surface area (Å²) in [4.78, 5) is 23.6. The second-order valence-electron chi connectivity index (χ2n) is 6.15. The van der Waals surface area contributed by atoms with Gasteiger partial charge in [0, 0.05) is 11.4 Å². The van der Waals surface area contributed by atoms with Crippen LogP contribution in [0.5, 0.6) is 0 Å². The maximum atomic E-state index is 12.6. The van der Waals surface area contributed by atoms with E-state index in [1.165, 1.54) is 37.4 Å². The van der Waals surface area contributed by atoms with E-state index in [0.717, 1.165) is 0 Å². The minimum atomic E-state index is -3.89. The third kappa shape index (κ3) is 5.36. The Labute approximate surface area is 173 Å². The van der Waals surface area contributed by atoms with E-state index in [0.29, 0.717) is 11.4 Å². The van der Waals surface area contributed by atoms with Gasteiger partial charge >= 0.3 is 12.0 Å². The number of urea groups is 1. The predicted molar refractivity (Wildman–Crippen MR) is 114 cm³/mol. The zero-order valence-electron chi connectivity index (χ0n) is 16.0. The molecule has 0 saturated heterocycles. The van der Waals surface area contributed by atoms with Crippen LogP contribution < -0.4 is 15.4 Å². The minimum Gasteiger partial charge on any atom is -0.465 e. The number of ether oxygens (including phenoxy) is 1. The van der Waals surface area contributed by atoms with Gasteiger partial charge in [0.05, 0.1) is 23.3 Å². The van der Waals surface area contributed by atoms with E-state index in [1.807, 2.05) is 6.07 Å². The number of amides is 2. The second kappa shape index (κ2) is 9.10. The Hall–Kier alpha value is -3.85. The number of methoxy groups -OCH3 is 1. The molecular weight excluding hydrogens is 406 g/mol. The standard InChI is InChI=1S/C21H19N3O5S/c1-29-20(25)15-10-12-19(13-11-15)30(27,28)24-18-9-5-8-17(14-18)23-21(26)22-16-6-3-2-4-7-16/h2-14,24H,1H3,(H2,22,23,26). The van der Waals surface area contributed by atoms with Crippen molar-refractivity contribution in [1.29, 1.82) is 0 Å². The van der Waals surface area contributed by atoms with Gasteiger partial charge in [0.25, 0.3) is 10.0 Å². The quantitative estimate of drug-likeness (QED) is 0.518. The molecule has 3 aromatic rings. The zero-order valence-corrected chi connectivity index (χ0v) is 16.8. The van der Waals surface area contributed by atoms with Gasteiger partial charge in [0.15, 0.2) is 0 Å². The van der Waals surface area contributed by atoms with Gasteiger partial charge in [0.1, 0.15) is 0 Å². The Morgan fingerprint density at radius 3 is 2.03 bits per heavy atom. The summed E-state index contributed by atoms with van der Waals surface area (Å²) in [7, 11) is -2.64. The number of carbonyl (C=O) groups is 2. The maximum absolute atomic E-state index is 12.6. The molecule has 0 aliphatic carbocycles. The highest BCUT2D eigenvalue weighted by atomic mass is 32.2. The molecule has 2 amide bonds. The monoisotopic (exact) mass is 425 g/mol. The molecule has 3 rings (SSSR count). The van der Waals surface area contributed by atoms with Crippen molar-refractivity contribution >= 4 is 39.1 Å². The fourth-order valence-electron chi connectivity index (χ4n) is 2.58. The van der Waals surface area contributed by atoms with Crippen molar-refractivity contribution in [3.8, 4) is 0 Å². The Morgan fingerprint density at radius 1 is 0.767 bits per heavy atom. The number of carbonyl (C=O) groups excluding carboxylic acids is 2. The number of hydrogen-bond acceptors (Lipinski definition) is 5. The molecule has 0 fully saturated rings. The minimum absolute atomic E-state index is 0.0182. The molecular formula is C21H19N3O5S. The lowest BCUT2D eigenvalue weighted by molar-refractivity contribution is 0.0600. The molecule has 0 aliphatic rings. The van der Waals surface area contributed by atoms with Crippen LogP contribution in [0.4, 0.5) is 21.9 Å². The Morgan fingerprint density at radius 2 is 1.37 bits per heavy atom. The van der Waals surface area contributed by atoms with Crippen molar-refractivity contribution in [3.63, 3.8) is 0 Å². The Bertz CT molecular complexity index is 1150. The van der Waals surface area contributed by atoms with E-state index in [2.05, 4.69) is 20.1 Å². The van der Waals surface area contributed by atoms with Crippen LogP contribution in [0.1, 0.15) is 10.4 Å². The van der Waals surface area contributed by atoms with E-state index < -0.39 is 22.0 Å². The van der Waals surface area contributed by atoms with Gasteiger partial charge in [-0.25, -0.2) is 18.0 Å². The topological polar surface area (TPSA) is 114 Å². The fourth-order valence-corrected chi connectivity index (χ4v) is 3.63. The predicted octanol–water partition coefficient (Wildman–Crippen LogP) is 3.92. The molecule has 0 bridgehead atoms. The number of sulfonamides is 1. The van der Waals surface area contributed by atoms with Crippen molar-refractivity contribution in [1.82, 2.24) is 0 Å². The summed E-state index contributed by atoms with van der Waals surface area (Å²) in [5.74, 6) is -0.556. The van der Waals surface area contributed by atoms with Gasteiger partial charge in [-0.2, -0.15) is 0 Å². The smallest absolute Gasteiger partial charge is 0.337 e. The first-order valence-electron chi connectivity index (χ1n) is 8.82.